The summed E-state index contributed by atoms with van der Waals surface area (Å²) >= 11 is 0. The van der Waals surface area contributed by atoms with Crippen LogP contribution in [0.3, 0.4) is 0 Å². The number of fused-ring (bicyclic) bond motifs is 1. The van der Waals surface area contributed by atoms with Crippen molar-refractivity contribution in [1.82, 2.24) is 9.55 Å². The van der Waals surface area contributed by atoms with E-state index in [0.29, 0.717) is 17.7 Å². The van der Waals surface area contributed by atoms with E-state index in [0.717, 1.165) is 53.2 Å². The Morgan fingerprint density at radius 2 is 1.97 bits per heavy atom. The fourth-order valence-corrected chi connectivity index (χ4v) is 4.03. The number of esters is 1. The summed E-state index contributed by atoms with van der Waals surface area (Å²) in [4.78, 5) is 29.1. The lowest BCUT2D eigenvalue weighted by atomic mass is 10.0. The molecule has 0 unspecified atom stereocenters. The molecule has 0 fully saturated rings. The van der Waals surface area contributed by atoms with Crippen molar-refractivity contribution in [2.24, 2.45) is 0 Å². The number of carbonyl (C=O) groups excluding carboxylic acids is 2. The van der Waals surface area contributed by atoms with E-state index in [1.165, 1.54) is 7.11 Å². The molecule has 32 heavy (non-hydrogen) atoms. The number of unbranched alkanes of at least 4 members (excludes halogenated alkanes) is 1. The number of aryl methyl sites for hydroxylation is 2. The van der Waals surface area contributed by atoms with E-state index in [1.807, 2.05) is 49.5 Å². The highest BCUT2D eigenvalue weighted by molar-refractivity contribution is 6.35. The third kappa shape index (κ3) is 4.21. The molecule has 0 atom stereocenters. The van der Waals surface area contributed by atoms with Crippen molar-refractivity contribution in [1.29, 1.82) is 0 Å². The number of benzene rings is 2. The summed E-state index contributed by atoms with van der Waals surface area (Å²) in [6.07, 6.45) is 6.74. The van der Waals surface area contributed by atoms with E-state index in [-0.39, 0.29) is 11.9 Å². The number of anilines is 1. The Morgan fingerprint density at radius 1 is 1.19 bits per heavy atom. The summed E-state index contributed by atoms with van der Waals surface area (Å²) in [7, 11) is 1.38. The van der Waals surface area contributed by atoms with E-state index in [9.17, 15) is 9.59 Å². The minimum atomic E-state index is -0.352. The zero-order valence-electron chi connectivity index (χ0n) is 18.6. The second-order valence-electron chi connectivity index (χ2n) is 7.99. The molecule has 2 heterocycles. The molecule has 0 saturated heterocycles. The van der Waals surface area contributed by atoms with Crippen LogP contribution in [0.4, 0.5) is 5.69 Å². The van der Waals surface area contributed by atoms with Crippen LogP contribution >= 0.6 is 0 Å². The Bertz CT molecular complexity index is 1190. The Labute approximate surface area is 187 Å². The Balaban J connectivity index is 1.72. The number of nitrogens with zero attached hydrogens (tertiary/aromatic N) is 2. The molecule has 1 aliphatic heterocycles. The van der Waals surface area contributed by atoms with E-state index in [1.54, 1.807) is 12.1 Å². The number of nitrogens with one attached hydrogen (secondary N) is 1. The second-order valence-corrected chi connectivity index (χ2v) is 7.99. The summed E-state index contributed by atoms with van der Waals surface area (Å²) in [5, 5.41) is 2.96. The first-order chi connectivity index (χ1) is 15.5. The minimum Gasteiger partial charge on any atom is -0.465 e. The normalized spacial score (nSPS) is 13.8. The van der Waals surface area contributed by atoms with Crippen molar-refractivity contribution in [3.63, 3.8) is 0 Å². The topological polar surface area (TPSA) is 73.2 Å². The highest BCUT2D eigenvalue weighted by Gasteiger charge is 2.26. The molecular weight excluding hydrogens is 402 g/mol. The van der Waals surface area contributed by atoms with Gasteiger partial charge in [-0.3, -0.25) is 4.79 Å². The molecule has 3 aromatic rings. The molecule has 1 N–H and O–H groups in total. The van der Waals surface area contributed by atoms with Crippen LogP contribution in [-0.4, -0.2) is 28.5 Å². The maximum atomic E-state index is 12.7. The number of hydrogen-bond acceptors (Lipinski definition) is 4. The van der Waals surface area contributed by atoms with E-state index in [2.05, 4.69) is 21.8 Å². The maximum Gasteiger partial charge on any atom is 0.337 e. The van der Waals surface area contributed by atoms with Crippen molar-refractivity contribution in [3.8, 4) is 0 Å². The molecule has 1 aliphatic rings. The van der Waals surface area contributed by atoms with Crippen molar-refractivity contribution < 1.29 is 14.3 Å². The number of carbonyl (C=O) groups is 2. The highest BCUT2D eigenvalue weighted by Crippen LogP contribution is 2.35. The van der Waals surface area contributed by atoms with Crippen LogP contribution in [0, 0.1) is 6.92 Å². The van der Waals surface area contributed by atoms with Crippen molar-refractivity contribution in [2.45, 2.75) is 39.7 Å². The zero-order valence-corrected chi connectivity index (χ0v) is 18.6. The van der Waals surface area contributed by atoms with Crippen LogP contribution in [0.15, 0.2) is 48.7 Å². The molecule has 0 radical (unpaired) electrons. The summed E-state index contributed by atoms with van der Waals surface area (Å²) < 4.78 is 6.94. The van der Waals surface area contributed by atoms with Crippen LogP contribution in [0.1, 0.15) is 58.3 Å². The Hall–Kier alpha value is -3.67. The van der Waals surface area contributed by atoms with Gasteiger partial charge in [-0.05, 0) is 48.7 Å². The first-order valence-electron chi connectivity index (χ1n) is 10.9. The van der Waals surface area contributed by atoms with Gasteiger partial charge in [-0.15, -0.1) is 0 Å². The smallest absolute Gasteiger partial charge is 0.337 e. The van der Waals surface area contributed by atoms with Crippen molar-refractivity contribution >= 4 is 29.2 Å². The van der Waals surface area contributed by atoms with Gasteiger partial charge in [-0.1, -0.05) is 37.6 Å². The largest absolute Gasteiger partial charge is 0.465 e. The summed E-state index contributed by atoms with van der Waals surface area (Å²) in [6, 6.07) is 13.3. The molecule has 4 rings (SSSR count). The molecule has 2 aromatic carbocycles. The molecule has 6 heteroatoms. The monoisotopic (exact) mass is 429 g/mol. The number of hydrogen-bond donors (Lipinski definition) is 1. The quantitative estimate of drug-likeness (QED) is 0.430. The standard InChI is InChI=1S/C26H27N3O3/c1-4-5-9-23-27-15-20(14-21-24-17(2)7-6-8-22(24)28-25(21)30)29(23)16-18-10-12-19(13-11-18)26(31)32-3/h6-8,10-15H,4-5,9,16H2,1-3H3,(H,28,30)/b21-14-. The van der Waals surface area contributed by atoms with Gasteiger partial charge in [0.25, 0.3) is 5.91 Å². The van der Waals surface area contributed by atoms with E-state index < -0.39 is 0 Å². The van der Waals surface area contributed by atoms with Crippen molar-refractivity contribution in [3.05, 3.63) is 82.4 Å². The summed E-state index contributed by atoms with van der Waals surface area (Å²) in [5.41, 5.74) is 5.95. The van der Waals surface area contributed by atoms with Crippen LogP contribution < -0.4 is 5.32 Å². The molecule has 6 nitrogen and oxygen atoms in total. The van der Waals surface area contributed by atoms with E-state index >= 15 is 0 Å². The highest BCUT2D eigenvalue weighted by atomic mass is 16.5. The molecule has 0 bridgehead atoms. The molecule has 164 valence electrons. The SMILES string of the molecule is CCCCc1ncc(/C=C2\C(=O)Nc3cccc(C)c32)n1Cc1ccc(C(=O)OC)cc1. The summed E-state index contributed by atoms with van der Waals surface area (Å²) in [5.74, 6) is 0.535. The van der Waals surface area contributed by atoms with Gasteiger partial charge in [0.2, 0.25) is 0 Å². The van der Waals surface area contributed by atoms with Gasteiger partial charge in [-0.25, -0.2) is 9.78 Å². The lowest BCUT2D eigenvalue weighted by Gasteiger charge is -2.12. The Kier molecular flexibility index (Phi) is 6.21. The van der Waals surface area contributed by atoms with Crippen molar-refractivity contribution in [2.75, 3.05) is 12.4 Å². The van der Waals surface area contributed by atoms with Crippen LogP contribution in [-0.2, 0) is 22.5 Å². The number of aromatic nitrogens is 2. The first kappa shape index (κ1) is 21.6. The molecular formula is C26H27N3O3. The van der Waals surface area contributed by atoms with Gasteiger partial charge in [0.15, 0.2) is 0 Å². The minimum absolute atomic E-state index is 0.0976. The number of rotatable bonds is 7. The average molecular weight is 430 g/mol. The number of amides is 1. The third-order valence-electron chi connectivity index (χ3n) is 5.77. The molecule has 0 aliphatic carbocycles. The van der Waals surface area contributed by atoms with Gasteiger partial charge in [0.1, 0.15) is 5.82 Å². The molecule has 0 saturated carbocycles. The fourth-order valence-electron chi connectivity index (χ4n) is 4.03. The predicted molar refractivity (Wildman–Crippen MR) is 125 cm³/mol. The van der Waals surface area contributed by atoms with Gasteiger partial charge in [0.05, 0.1) is 30.1 Å². The van der Waals surface area contributed by atoms with Crippen LogP contribution in [0.25, 0.3) is 11.6 Å². The lowest BCUT2D eigenvalue weighted by Crippen LogP contribution is -2.09. The fraction of sp³-hybridized carbons (Fsp3) is 0.269. The van der Waals surface area contributed by atoms with Gasteiger partial charge >= 0.3 is 5.97 Å². The molecule has 1 amide bonds. The first-order valence-corrected chi connectivity index (χ1v) is 10.9. The number of imidazole rings is 1. The average Bonchev–Trinajstić information content (AvgIpc) is 3.33. The number of ether oxygens (including phenoxy) is 1. The van der Waals surface area contributed by atoms with Gasteiger partial charge in [-0.2, -0.15) is 0 Å². The number of methoxy groups -OCH3 is 1. The van der Waals surface area contributed by atoms with Crippen LogP contribution in [0.2, 0.25) is 0 Å². The zero-order chi connectivity index (χ0) is 22.7. The maximum absolute atomic E-state index is 12.7. The Morgan fingerprint density at radius 3 is 2.69 bits per heavy atom. The second kappa shape index (κ2) is 9.22. The van der Waals surface area contributed by atoms with Gasteiger partial charge in [0, 0.05) is 24.2 Å². The lowest BCUT2D eigenvalue weighted by molar-refractivity contribution is -0.110. The summed E-state index contributed by atoms with van der Waals surface area (Å²) in [6.45, 7) is 4.77. The van der Waals surface area contributed by atoms with Gasteiger partial charge < -0.3 is 14.6 Å². The third-order valence-corrected chi connectivity index (χ3v) is 5.77. The van der Waals surface area contributed by atoms with E-state index in [4.69, 9.17) is 4.74 Å². The molecule has 1 aromatic heterocycles. The molecule has 0 spiro atoms. The van der Waals surface area contributed by atoms with Crippen LogP contribution in [0.5, 0.6) is 0 Å². The predicted octanol–water partition coefficient (Wildman–Crippen LogP) is 4.86.